The van der Waals surface area contributed by atoms with E-state index in [1.807, 2.05) is 0 Å². The quantitative estimate of drug-likeness (QED) is 0.703. The van der Waals surface area contributed by atoms with Crippen molar-refractivity contribution >= 4 is 11.7 Å². The molecule has 0 bridgehead atoms. The molecule has 4 nitrogen and oxygen atoms in total. The van der Waals surface area contributed by atoms with Crippen LogP contribution in [0.4, 0.5) is 19.1 Å². The first kappa shape index (κ1) is 11.4. The van der Waals surface area contributed by atoms with Gasteiger partial charge in [0, 0.05) is 26.5 Å². The van der Waals surface area contributed by atoms with E-state index in [-0.39, 0.29) is 5.95 Å². The maximum atomic E-state index is 12.0. The highest BCUT2D eigenvalue weighted by Gasteiger charge is 2.39. The Hall–Kier alpha value is -1.66. The van der Waals surface area contributed by atoms with Gasteiger partial charge in [-0.25, -0.2) is 9.97 Å². The molecule has 0 spiro atoms. The van der Waals surface area contributed by atoms with E-state index in [9.17, 15) is 18.0 Å². The Morgan fingerprint density at radius 2 is 1.73 bits per heavy atom. The zero-order valence-electron chi connectivity index (χ0n) is 8.04. The monoisotopic (exact) mass is 219 g/mol. The number of aromatic nitrogens is 2. The molecular formula is C8H8F3N3O. The van der Waals surface area contributed by atoms with Gasteiger partial charge in [0.05, 0.1) is 5.56 Å². The van der Waals surface area contributed by atoms with E-state index in [1.54, 1.807) is 14.1 Å². The fourth-order valence-corrected chi connectivity index (χ4v) is 0.833. The molecule has 0 aliphatic heterocycles. The molecule has 1 aromatic rings. The zero-order chi connectivity index (χ0) is 11.6. The summed E-state index contributed by atoms with van der Waals surface area (Å²) in [7, 11) is 3.28. The Bertz CT molecular complexity index is 358. The number of carbonyl (C=O) groups excluding carboxylic acids is 1. The van der Waals surface area contributed by atoms with E-state index in [0.717, 1.165) is 12.4 Å². The van der Waals surface area contributed by atoms with Crippen molar-refractivity contribution < 1.29 is 18.0 Å². The van der Waals surface area contributed by atoms with Gasteiger partial charge in [-0.2, -0.15) is 13.2 Å². The predicted octanol–water partition coefficient (Wildman–Crippen LogP) is 1.29. The molecule has 1 aromatic heterocycles. The van der Waals surface area contributed by atoms with Crippen LogP contribution in [0.5, 0.6) is 0 Å². The normalized spacial score (nSPS) is 11.3. The molecule has 7 heteroatoms. The third-order valence-corrected chi connectivity index (χ3v) is 1.56. The highest BCUT2D eigenvalue weighted by Crippen LogP contribution is 2.20. The Morgan fingerprint density at radius 1 is 1.27 bits per heavy atom. The first-order valence-electron chi connectivity index (χ1n) is 3.93. The van der Waals surface area contributed by atoms with E-state index in [2.05, 4.69) is 9.97 Å². The molecule has 0 atom stereocenters. The van der Waals surface area contributed by atoms with E-state index in [1.165, 1.54) is 4.90 Å². The van der Waals surface area contributed by atoms with Gasteiger partial charge in [-0.1, -0.05) is 0 Å². The van der Waals surface area contributed by atoms with E-state index in [4.69, 9.17) is 0 Å². The lowest BCUT2D eigenvalue weighted by Crippen LogP contribution is -2.23. The van der Waals surface area contributed by atoms with Crippen LogP contribution in [0, 0.1) is 0 Å². The minimum atomic E-state index is -4.89. The summed E-state index contributed by atoms with van der Waals surface area (Å²) in [5, 5.41) is 0. The van der Waals surface area contributed by atoms with Gasteiger partial charge in [0.15, 0.2) is 0 Å². The van der Waals surface area contributed by atoms with Crippen LogP contribution in [-0.2, 0) is 0 Å². The molecule has 0 saturated heterocycles. The van der Waals surface area contributed by atoms with Gasteiger partial charge in [-0.15, -0.1) is 0 Å². The van der Waals surface area contributed by atoms with Crippen molar-refractivity contribution in [1.82, 2.24) is 9.97 Å². The number of Topliss-reactive ketones (excluding diaryl/α,β-unsaturated/α-hetero) is 1. The Morgan fingerprint density at radius 3 is 2.07 bits per heavy atom. The van der Waals surface area contributed by atoms with Crippen molar-refractivity contribution in [2.75, 3.05) is 19.0 Å². The summed E-state index contributed by atoms with van der Waals surface area (Å²) in [6.07, 6.45) is -3.17. The number of rotatable bonds is 2. The van der Waals surface area contributed by atoms with E-state index >= 15 is 0 Å². The van der Waals surface area contributed by atoms with Crippen molar-refractivity contribution in [3.8, 4) is 0 Å². The molecule has 0 aliphatic carbocycles. The van der Waals surface area contributed by atoms with Crippen molar-refractivity contribution in [1.29, 1.82) is 0 Å². The van der Waals surface area contributed by atoms with Crippen molar-refractivity contribution in [2.24, 2.45) is 0 Å². The minimum absolute atomic E-state index is 0.244. The highest BCUT2D eigenvalue weighted by atomic mass is 19.4. The van der Waals surface area contributed by atoms with Crippen LogP contribution in [-0.4, -0.2) is 36.0 Å². The molecule has 15 heavy (non-hydrogen) atoms. The molecule has 0 fully saturated rings. The molecule has 0 amide bonds. The van der Waals surface area contributed by atoms with Crippen molar-refractivity contribution in [2.45, 2.75) is 6.18 Å². The SMILES string of the molecule is CN(C)c1ncc(C(=O)C(F)(F)F)cn1. The highest BCUT2D eigenvalue weighted by molar-refractivity contribution is 5.99. The average Bonchev–Trinajstić information content (AvgIpc) is 2.15. The maximum absolute atomic E-state index is 12.0. The predicted molar refractivity (Wildman–Crippen MR) is 46.7 cm³/mol. The van der Waals surface area contributed by atoms with Gasteiger partial charge in [-0.05, 0) is 0 Å². The molecule has 0 radical (unpaired) electrons. The van der Waals surface area contributed by atoms with Crippen LogP contribution in [0.3, 0.4) is 0 Å². The standard InChI is InChI=1S/C8H8F3N3O/c1-14(2)7-12-3-5(4-13-7)6(15)8(9,10)11/h3-4H,1-2H3. The Balaban J connectivity index is 2.95. The summed E-state index contributed by atoms with van der Waals surface area (Å²) in [4.78, 5) is 19.5. The van der Waals surface area contributed by atoms with Gasteiger partial charge < -0.3 is 4.90 Å². The third kappa shape index (κ3) is 2.64. The van der Waals surface area contributed by atoms with Gasteiger partial charge >= 0.3 is 6.18 Å². The maximum Gasteiger partial charge on any atom is 0.454 e. The number of nitrogens with zero attached hydrogens (tertiary/aromatic N) is 3. The first-order chi connectivity index (χ1) is 6.82. The first-order valence-corrected chi connectivity index (χ1v) is 3.93. The smallest absolute Gasteiger partial charge is 0.347 e. The molecule has 0 saturated carbocycles. The number of ketones is 1. The second-order valence-electron chi connectivity index (χ2n) is 2.99. The summed E-state index contributed by atoms with van der Waals surface area (Å²) in [5.41, 5.74) is -0.562. The largest absolute Gasteiger partial charge is 0.454 e. The molecule has 0 aromatic carbocycles. The van der Waals surface area contributed by atoms with Crippen LogP contribution in [0.25, 0.3) is 0 Å². The van der Waals surface area contributed by atoms with Crippen LogP contribution < -0.4 is 4.90 Å². The number of hydrogen-bond acceptors (Lipinski definition) is 4. The summed E-state index contributed by atoms with van der Waals surface area (Å²) in [6, 6.07) is 0. The Labute approximate surface area is 83.7 Å². The molecule has 82 valence electrons. The number of carbonyl (C=O) groups is 1. The lowest BCUT2D eigenvalue weighted by Gasteiger charge is -2.09. The van der Waals surface area contributed by atoms with Gasteiger partial charge in [0.25, 0.3) is 5.78 Å². The Kier molecular flexibility index (Phi) is 2.92. The molecule has 1 rings (SSSR count). The number of anilines is 1. The molecule has 0 aliphatic rings. The van der Waals surface area contributed by atoms with Crippen molar-refractivity contribution in [3.63, 3.8) is 0 Å². The summed E-state index contributed by atoms with van der Waals surface area (Å²) in [5.74, 6) is -1.69. The third-order valence-electron chi connectivity index (χ3n) is 1.56. The lowest BCUT2D eigenvalue weighted by molar-refractivity contribution is -0.0885. The minimum Gasteiger partial charge on any atom is -0.347 e. The van der Waals surface area contributed by atoms with Crippen LogP contribution >= 0.6 is 0 Å². The van der Waals surface area contributed by atoms with Crippen LogP contribution in [0.15, 0.2) is 12.4 Å². The number of halogens is 3. The van der Waals surface area contributed by atoms with Crippen LogP contribution in [0.2, 0.25) is 0 Å². The second-order valence-corrected chi connectivity index (χ2v) is 2.99. The summed E-state index contributed by atoms with van der Waals surface area (Å²) < 4.78 is 35.9. The van der Waals surface area contributed by atoms with E-state index in [0.29, 0.717) is 0 Å². The number of alkyl halides is 3. The zero-order valence-corrected chi connectivity index (χ0v) is 8.04. The fraction of sp³-hybridized carbons (Fsp3) is 0.375. The molecule has 0 unspecified atom stereocenters. The summed E-state index contributed by atoms with van der Waals surface area (Å²) in [6.45, 7) is 0. The number of hydrogen-bond donors (Lipinski definition) is 0. The van der Waals surface area contributed by atoms with Gasteiger partial charge in [0.1, 0.15) is 0 Å². The van der Waals surface area contributed by atoms with Crippen molar-refractivity contribution in [3.05, 3.63) is 18.0 Å². The lowest BCUT2D eigenvalue weighted by atomic mass is 10.2. The van der Waals surface area contributed by atoms with Gasteiger partial charge in [0.2, 0.25) is 5.95 Å². The molecule has 1 heterocycles. The topological polar surface area (TPSA) is 46.1 Å². The summed E-state index contributed by atoms with van der Waals surface area (Å²) >= 11 is 0. The molecule has 0 N–H and O–H groups in total. The van der Waals surface area contributed by atoms with Crippen LogP contribution in [0.1, 0.15) is 10.4 Å². The average molecular weight is 219 g/mol. The van der Waals surface area contributed by atoms with E-state index < -0.39 is 17.5 Å². The fourth-order valence-electron chi connectivity index (χ4n) is 0.833. The second kappa shape index (κ2) is 3.84. The van der Waals surface area contributed by atoms with Gasteiger partial charge in [-0.3, -0.25) is 4.79 Å². The molecular weight excluding hydrogens is 211 g/mol.